The summed E-state index contributed by atoms with van der Waals surface area (Å²) in [5.41, 5.74) is 0.00692. The maximum absolute atomic E-state index is 12.5. The molecule has 2 fully saturated rings. The van der Waals surface area contributed by atoms with E-state index in [1.54, 1.807) is 4.90 Å². The Labute approximate surface area is 138 Å². The van der Waals surface area contributed by atoms with E-state index in [-0.39, 0.29) is 22.2 Å². The van der Waals surface area contributed by atoms with Crippen molar-refractivity contribution in [1.29, 1.82) is 0 Å². The van der Waals surface area contributed by atoms with Gasteiger partial charge in [0.15, 0.2) is 5.79 Å². The summed E-state index contributed by atoms with van der Waals surface area (Å²) in [6.45, 7) is 2.35. The molecule has 8 heteroatoms. The number of hydrogen-bond donors (Lipinski definition) is 0. The van der Waals surface area contributed by atoms with Crippen LogP contribution in [0, 0.1) is 10.1 Å². The fraction of sp³-hybridized carbons (Fsp3) is 0.533. The number of carbonyl (C=O) groups excluding carboxylic acids is 1. The third-order valence-electron chi connectivity index (χ3n) is 4.22. The number of likely N-dealkylation sites (tertiary alicyclic amines) is 1. The van der Waals surface area contributed by atoms with Crippen LogP contribution in [0.4, 0.5) is 5.69 Å². The van der Waals surface area contributed by atoms with Crippen molar-refractivity contribution in [2.45, 2.75) is 25.0 Å². The second kappa shape index (κ2) is 6.43. The summed E-state index contributed by atoms with van der Waals surface area (Å²) in [4.78, 5) is 24.6. The molecule has 2 heterocycles. The van der Waals surface area contributed by atoms with Crippen molar-refractivity contribution in [3.05, 3.63) is 38.9 Å². The Morgan fingerprint density at radius 2 is 1.91 bits per heavy atom. The quantitative estimate of drug-likeness (QED) is 0.610. The number of nitro benzene ring substituents is 1. The Kier molecular flexibility index (Phi) is 4.52. The molecule has 124 valence electrons. The summed E-state index contributed by atoms with van der Waals surface area (Å²) in [6.07, 6.45) is 2.10. The average Bonchev–Trinajstić information content (AvgIpc) is 2.56. The predicted octanol–water partition coefficient (Wildman–Crippen LogP) is 2.62. The van der Waals surface area contributed by atoms with Crippen LogP contribution in [0.15, 0.2) is 18.2 Å². The molecule has 0 radical (unpaired) electrons. The number of nitrogens with zero attached hydrogens (tertiary/aromatic N) is 2. The molecule has 2 saturated heterocycles. The van der Waals surface area contributed by atoms with Gasteiger partial charge in [-0.3, -0.25) is 14.9 Å². The van der Waals surface area contributed by atoms with Gasteiger partial charge in [-0.2, -0.15) is 0 Å². The molecule has 2 aliphatic rings. The Balaban J connectivity index is 1.70. The van der Waals surface area contributed by atoms with Crippen LogP contribution in [0.3, 0.4) is 0 Å². The molecule has 7 nitrogen and oxygen atoms in total. The molecule has 1 aromatic carbocycles. The second-order valence-corrected chi connectivity index (χ2v) is 6.08. The number of piperidine rings is 1. The van der Waals surface area contributed by atoms with Crippen LogP contribution in [0.1, 0.15) is 29.6 Å². The minimum atomic E-state index is -0.589. The molecule has 0 N–H and O–H groups in total. The molecule has 0 atom stereocenters. The SMILES string of the molecule is O=C(c1ccc(Cl)c([N+](=O)[O-])c1)N1CCC2(CC1)OCCCO2. The van der Waals surface area contributed by atoms with E-state index in [0.717, 1.165) is 6.42 Å². The van der Waals surface area contributed by atoms with Crippen LogP contribution in [-0.2, 0) is 9.47 Å². The van der Waals surface area contributed by atoms with E-state index in [9.17, 15) is 14.9 Å². The molecule has 0 saturated carbocycles. The lowest BCUT2D eigenvalue weighted by Crippen LogP contribution is -2.51. The highest BCUT2D eigenvalue weighted by molar-refractivity contribution is 6.32. The highest BCUT2D eigenvalue weighted by Gasteiger charge is 2.39. The lowest BCUT2D eigenvalue weighted by molar-refractivity contribution is -0.384. The minimum Gasteiger partial charge on any atom is -0.350 e. The maximum atomic E-state index is 12.5. The zero-order chi connectivity index (χ0) is 16.4. The standard InChI is InChI=1S/C15H17ClN2O5/c16-12-3-2-11(10-13(12)18(20)21)14(19)17-6-4-15(5-7-17)22-8-1-9-23-15/h2-3,10H,1,4-9H2. The van der Waals surface area contributed by atoms with Gasteiger partial charge in [0.2, 0.25) is 0 Å². The fourth-order valence-electron chi connectivity index (χ4n) is 2.92. The van der Waals surface area contributed by atoms with Gasteiger partial charge >= 0.3 is 0 Å². The van der Waals surface area contributed by atoms with Gasteiger partial charge in [-0.05, 0) is 18.6 Å². The largest absolute Gasteiger partial charge is 0.350 e. The second-order valence-electron chi connectivity index (χ2n) is 5.68. The first-order valence-corrected chi connectivity index (χ1v) is 7.90. The Hall–Kier alpha value is -1.70. The van der Waals surface area contributed by atoms with E-state index in [4.69, 9.17) is 21.1 Å². The van der Waals surface area contributed by atoms with E-state index >= 15 is 0 Å². The van der Waals surface area contributed by atoms with Gasteiger partial charge < -0.3 is 14.4 Å². The van der Waals surface area contributed by atoms with E-state index in [1.807, 2.05) is 0 Å². The van der Waals surface area contributed by atoms with Gasteiger partial charge in [-0.1, -0.05) is 11.6 Å². The Bertz CT molecular complexity index is 620. The summed E-state index contributed by atoms with van der Waals surface area (Å²) in [5.74, 6) is -0.809. The topological polar surface area (TPSA) is 81.9 Å². The third kappa shape index (κ3) is 3.31. The monoisotopic (exact) mass is 340 g/mol. The van der Waals surface area contributed by atoms with Crippen LogP contribution < -0.4 is 0 Å². The molecule has 0 aromatic heterocycles. The van der Waals surface area contributed by atoms with Crippen LogP contribution >= 0.6 is 11.6 Å². The number of nitro groups is 1. The van der Waals surface area contributed by atoms with E-state index in [1.165, 1.54) is 18.2 Å². The normalized spacial score (nSPS) is 20.5. The fourth-order valence-corrected chi connectivity index (χ4v) is 3.11. The van der Waals surface area contributed by atoms with Crippen LogP contribution in [0.25, 0.3) is 0 Å². The summed E-state index contributed by atoms with van der Waals surface area (Å²) in [6, 6.07) is 4.12. The highest BCUT2D eigenvalue weighted by Crippen LogP contribution is 2.32. The van der Waals surface area contributed by atoms with E-state index in [0.29, 0.717) is 39.1 Å². The van der Waals surface area contributed by atoms with Crippen molar-refractivity contribution in [1.82, 2.24) is 4.90 Å². The molecular formula is C15H17ClN2O5. The summed E-state index contributed by atoms with van der Waals surface area (Å²) in [5, 5.41) is 11.0. The summed E-state index contributed by atoms with van der Waals surface area (Å²) < 4.78 is 11.5. The number of ether oxygens (including phenoxy) is 2. The highest BCUT2D eigenvalue weighted by atomic mass is 35.5. The third-order valence-corrected chi connectivity index (χ3v) is 4.54. The molecule has 0 unspecified atom stereocenters. The van der Waals surface area contributed by atoms with Crippen molar-refractivity contribution >= 4 is 23.2 Å². The molecule has 1 spiro atoms. The maximum Gasteiger partial charge on any atom is 0.288 e. The van der Waals surface area contributed by atoms with Gasteiger partial charge in [-0.25, -0.2) is 0 Å². The van der Waals surface area contributed by atoms with Crippen LogP contribution in [0.2, 0.25) is 5.02 Å². The molecule has 23 heavy (non-hydrogen) atoms. The predicted molar refractivity (Wildman–Crippen MR) is 82.5 cm³/mol. The Morgan fingerprint density at radius 1 is 1.26 bits per heavy atom. The van der Waals surface area contributed by atoms with Crippen molar-refractivity contribution in [2.24, 2.45) is 0 Å². The lowest BCUT2D eigenvalue weighted by Gasteiger charge is -2.43. The smallest absolute Gasteiger partial charge is 0.288 e. The minimum absolute atomic E-state index is 0.0214. The van der Waals surface area contributed by atoms with Crippen LogP contribution in [-0.4, -0.2) is 47.8 Å². The van der Waals surface area contributed by atoms with Gasteiger partial charge in [0.05, 0.1) is 18.1 Å². The van der Waals surface area contributed by atoms with Crippen LogP contribution in [0.5, 0.6) is 0 Å². The first-order valence-electron chi connectivity index (χ1n) is 7.52. The first-order chi connectivity index (χ1) is 11.0. The average molecular weight is 341 g/mol. The Morgan fingerprint density at radius 3 is 2.52 bits per heavy atom. The number of hydrogen-bond acceptors (Lipinski definition) is 5. The summed E-state index contributed by atoms with van der Waals surface area (Å²) >= 11 is 5.78. The number of halogens is 1. The van der Waals surface area contributed by atoms with Crippen molar-refractivity contribution in [3.8, 4) is 0 Å². The zero-order valence-electron chi connectivity index (χ0n) is 12.5. The van der Waals surface area contributed by atoms with Gasteiger partial charge in [0, 0.05) is 37.6 Å². The lowest BCUT2D eigenvalue weighted by atomic mass is 10.0. The number of benzene rings is 1. The molecular weight excluding hydrogens is 324 g/mol. The van der Waals surface area contributed by atoms with Crippen molar-refractivity contribution < 1.29 is 19.2 Å². The van der Waals surface area contributed by atoms with Crippen molar-refractivity contribution in [3.63, 3.8) is 0 Å². The zero-order valence-corrected chi connectivity index (χ0v) is 13.3. The summed E-state index contributed by atoms with van der Waals surface area (Å²) in [7, 11) is 0. The molecule has 1 amide bonds. The van der Waals surface area contributed by atoms with Gasteiger partial charge in [0.25, 0.3) is 11.6 Å². The molecule has 0 aliphatic carbocycles. The molecule has 3 rings (SSSR count). The van der Waals surface area contributed by atoms with Gasteiger partial charge in [0.1, 0.15) is 5.02 Å². The number of carbonyl (C=O) groups is 1. The number of rotatable bonds is 2. The molecule has 2 aliphatic heterocycles. The van der Waals surface area contributed by atoms with E-state index in [2.05, 4.69) is 0 Å². The molecule has 0 bridgehead atoms. The first kappa shape index (κ1) is 16.2. The van der Waals surface area contributed by atoms with Crippen molar-refractivity contribution in [2.75, 3.05) is 26.3 Å². The van der Waals surface area contributed by atoms with Gasteiger partial charge in [-0.15, -0.1) is 0 Å². The molecule has 1 aromatic rings. The number of amides is 1. The van der Waals surface area contributed by atoms with E-state index < -0.39 is 10.7 Å².